The highest BCUT2D eigenvalue weighted by molar-refractivity contribution is 6.31. The van der Waals surface area contributed by atoms with E-state index >= 15 is 0 Å². The maximum atomic E-state index is 12.7. The Labute approximate surface area is 157 Å². The van der Waals surface area contributed by atoms with Crippen LogP contribution in [0.3, 0.4) is 0 Å². The molecule has 6 nitrogen and oxygen atoms in total. The van der Waals surface area contributed by atoms with Gasteiger partial charge in [0.2, 0.25) is 5.91 Å². The zero-order chi connectivity index (χ0) is 19.3. The fourth-order valence-corrected chi connectivity index (χ4v) is 2.60. The van der Waals surface area contributed by atoms with E-state index in [2.05, 4.69) is 0 Å². The van der Waals surface area contributed by atoms with Gasteiger partial charge >= 0.3 is 0 Å². The summed E-state index contributed by atoms with van der Waals surface area (Å²) < 4.78 is 1.44. The second-order valence-electron chi connectivity index (χ2n) is 6.08. The molecule has 0 aliphatic rings. The fraction of sp³-hybridized carbons (Fsp3) is 0.316. The lowest BCUT2D eigenvalue weighted by Crippen LogP contribution is -2.40. The number of amides is 2. The van der Waals surface area contributed by atoms with E-state index in [1.807, 2.05) is 18.2 Å². The number of nitrogens with zero attached hydrogens (tertiary/aromatic N) is 3. The number of halogens is 1. The van der Waals surface area contributed by atoms with Crippen LogP contribution in [0.2, 0.25) is 5.02 Å². The van der Waals surface area contributed by atoms with Gasteiger partial charge in [0.25, 0.3) is 11.5 Å². The summed E-state index contributed by atoms with van der Waals surface area (Å²) in [4.78, 5) is 39.7. The van der Waals surface area contributed by atoms with E-state index in [4.69, 9.17) is 11.6 Å². The number of hydrogen-bond donors (Lipinski definition) is 0. The summed E-state index contributed by atoms with van der Waals surface area (Å²) in [6.07, 6.45) is 1.51. The summed E-state index contributed by atoms with van der Waals surface area (Å²) in [5, 5.41) is 0.558. The van der Waals surface area contributed by atoms with Gasteiger partial charge in [0, 0.05) is 37.9 Å². The van der Waals surface area contributed by atoms with E-state index in [9.17, 15) is 14.4 Å². The quantitative estimate of drug-likeness (QED) is 0.776. The molecule has 7 heteroatoms. The van der Waals surface area contributed by atoms with Crippen molar-refractivity contribution in [1.82, 2.24) is 14.4 Å². The lowest BCUT2D eigenvalue weighted by molar-refractivity contribution is -0.129. The molecule has 26 heavy (non-hydrogen) atoms. The van der Waals surface area contributed by atoms with Gasteiger partial charge in [-0.1, -0.05) is 29.8 Å². The maximum absolute atomic E-state index is 12.7. The minimum Gasteiger partial charge on any atom is -0.347 e. The first-order valence-electron chi connectivity index (χ1n) is 8.26. The largest absolute Gasteiger partial charge is 0.347 e. The van der Waals surface area contributed by atoms with Gasteiger partial charge in [0.15, 0.2) is 0 Å². The molecule has 1 aromatic carbocycles. The maximum Gasteiger partial charge on any atom is 0.255 e. The number of rotatable bonds is 6. The molecule has 0 N–H and O–H groups in total. The van der Waals surface area contributed by atoms with Crippen LogP contribution in [0.1, 0.15) is 22.8 Å². The van der Waals surface area contributed by atoms with E-state index in [1.54, 1.807) is 27.1 Å². The molecular formula is C19H22ClN3O3. The Morgan fingerprint density at radius 2 is 1.81 bits per heavy atom. The molecule has 2 amide bonds. The normalized spacial score (nSPS) is 10.5. The van der Waals surface area contributed by atoms with Gasteiger partial charge < -0.3 is 14.4 Å². The van der Waals surface area contributed by atoms with Crippen molar-refractivity contribution in [3.8, 4) is 0 Å². The first-order chi connectivity index (χ1) is 12.3. The molecule has 0 unspecified atom stereocenters. The lowest BCUT2D eigenvalue weighted by Gasteiger charge is -2.22. The summed E-state index contributed by atoms with van der Waals surface area (Å²) in [5.41, 5.74) is 0.912. The van der Waals surface area contributed by atoms with Crippen LogP contribution in [-0.4, -0.2) is 53.4 Å². The molecule has 0 fully saturated rings. The van der Waals surface area contributed by atoms with Crippen LogP contribution in [0.15, 0.2) is 47.4 Å². The van der Waals surface area contributed by atoms with Gasteiger partial charge in [-0.15, -0.1) is 0 Å². The van der Waals surface area contributed by atoms with Crippen LogP contribution in [0.25, 0.3) is 0 Å². The Kier molecular flexibility index (Phi) is 6.58. The van der Waals surface area contributed by atoms with Crippen LogP contribution >= 0.6 is 11.6 Å². The predicted octanol–water partition coefficient (Wildman–Crippen LogP) is 2.10. The van der Waals surface area contributed by atoms with E-state index in [0.717, 1.165) is 5.56 Å². The van der Waals surface area contributed by atoms with Crippen molar-refractivity contribution in [3.05, 3.63) is 69.1 Å². The van der Waals surface area contributed by atoms with Crippen molar-refractivity contribution in [2.24, 2.45) is 0 Å². The van der Waals surface area contributed by atoms with Crippen molar-refractivity contribution in [3.63, 3.8) is 0 Å². The number of aromatic nitrogens is 1. The van der Waals surface area contributed by atoms with Crippen LogP contribution in [-0.2, 0) is 11.3 Å². The second kappa shape index (κ2) is 8.67. The number of likely N-dealkylation sites (N-methyl/N-ethyl adjacent to an activating group) is 2. The number of carbonyl (C=O) groups excluding carboxylic acids is 2. The second-order valence-corrected chi connectivity index (χ2v) is 6.49. The molecule has 2 aromatic rings. The Hall–Kier alpha value is -2.60. The van der Waals surface area contributed by atoms with Gasteiger partial charge in [0.05, 0.1) is 18.7 Å². The first-order valence-corrected chi connectivity index (χ1v) is 8.64. The average molecular weight is 376 g/mol. The van der Waals surface area contributed by atoms with E-state index in [-0.39, 0.29) is 30.5 Å². The molecule has 2 rings (SSSR count). The smallest absolute Gasteiger partial charge is 0.255 e. The van der Waals surface area contributed by atoms with Crippen molar-refractivity contribution in [2.45, 2.75) is 13.5 Å². The van der Waals surface area contributed by atoms with E-state index in [0.29, 0.717) is 17.1 Å². The lowest BCUT2D eigenvalue weighted by atomic mass is 10.2. The van der Waals surface area contributed by atoms with Crippen LogP contribution in [0, 0.1) is 0 Å². The van der Waals surface area contributed by atoms with E-state index in [1.165, 1.54) is 32.7 Å². The Balaban J connectivity index is 2.27. The number of benzene rings is 1. The number of carbonyl (C=O) groups is 2. The summed E-state index contributed by atoms with van der Waals surface area (Å²) in [6, 6.07) is 10.1. The number of hydrogen-bond acceptors (Lipinski definition) is 3. The molecule has 0 saturated heterocycles. The van der Waals surface area contributed by atoms with Gasteiger partial charge in [-0.2, -0.15) is 0 Å². The van der Waals surface area contributed by atoms with Gasteiger partial charge in [-0.3, -0.25) is 14.4 Å². The molecule has 0 atom stereocenters. The molecule has 0 radical (unpaired) electrons. The fourth-order valence-electron chi connectivity index (χ4n) is 2.41. The SMILES string of the molecule is CCN(CC(=O)N(C)C)C(=O)c1ccc(=O)n(Cc2ccccc2Cl)c1. The third kappa shape index (κ3) is 4.73. The third-order valence-corrected chi connectivity index (χ3v) is 4.39. The summed E-state index contributed by atoms with van der Waals surface area (Å²) >= 11 is 6.16. The Morgan fingerprint density at radius 3 is 2.42 bits per heavy atom. The van der Waals surface area contributed by atoms with E-state index < -0.39 is 0 Å². The molecule has 0 aliphatic carbocycles. The van der Waals surface area contributed by atoms with Crippen LogP contribution in [0.4, 0.5) is 0 Å². The molecular weight excluding hydrogens is 354 g/mol. The first kappa shape index (κ1) is 19.7. The highest BCUT2D eigenvalue weighted by Gasteiger charge is 2.19. The van der Waals surface area contributed by atoms with Crippen molar-refractivity contribution < 1.29 is 9.59 Å². The van der Waals surface area contributed by atoms with Crippen LogP contribution < -0.4 is 5.56 Å². The molecule has 0 spiro atoms. The van der Waals surface area contributed by atoms with Crippen molar-refractivity contribution >= 4 is 23.4 Å². The minimum atomic E-state index is -0.296. The zero-order valence-corrected chi connectivity index (χ0v) is 15.9. The van der Waals surface area contributed by atoms with Gasteiger partial charge in [0.1, 0.15) is 0 Å². The summed E-state index contributed by atoms with van der Waals surface area (Å²) in [7, 11) is 3.29. The van der Waals surface area contributed by atoms with Crippen molar-refractivity contribution in [1.29, 1.82) is 0 Å². The Morgan fingerprint density at radius 1 is 1.12 bits per heavy atom. The third-order valence-electron chi connectivity index (χ3n) is 4.02. The predicted molar refractivity (Wildman–Crippen MR) is 102 cm³/mol. The highest BCUT2D eigenvalue weighted by atomic mass is 35.5. The molecule has 0 aliphatic heterocycles. The standard InChI is InChI=1S/C19H22ClN3O3/c1-4-22(13-18(25)21(2)3)19(26)15-9-10-17(24)23(12-15)11-14-7-5-6-8-16(14)20/h5-10,12H,4,11,13H2,1-3H3. The molecule has 1 aromatic heterocycles. The zero-order valence-electron chi connectivity index (χ0n) is 15.1. The molecule has 0 bridgehead atoms. The molecule has 138 valence electrons. The summed E-state index contributed by atoms with van der Waals surface area (Å²) in [5.74, 6) is -0.458. The topological polar surface area (TPSA) is 62.6 Å². The Bertz CT molecular complexity index is 861. The van der Waals surface area contributed by atoms with Crippen LogP contribution in [0.5, 0.6) is 0 Å². The molecule has 0 saturated carbocycles. The highest BCUT2D eigenvalue weighted by Crippen LogP contribution is 2.16. The summed E-state index contributed by atoms with van der Waals surface area (Å²) in [6.45, 7) is 2.46. The van der Waals surface area contributed by atoms with Gasteiger partial charge in [-0.05, 0) is 24.6 Å². The number of pyridine rings is 1. The minimum absolute atomic E-state index is 0.00796. The average Bonchev–Trinajstić information content (AvgIpc) is 2.62. The van der Waals surface area contributed by atoms with Crippen molar-refractivity contribution in [2.75, 3.05) is 27.2 Å². The monoisotopic (exact) mass is 375 g/mol. The molecule has 1 heterocycles. The van der Waals surface area contributed by atoms with Gasteiger partial charge in [-0.25, -0.2) is 0 Å².